The number of carbonyl (C=O) groups excluding carboxylic acids is 4. The summed E-state index contributed by atoms with van der Waals surface area (Å²) in [5.41, 5.74) is 1.09. The topological polar surface area (TPSA) is 187 Å². The highest BCUT2D eigenvalue weighted by Gasteiger charge is 2.29. The van der Waals surface area contributed by atoms with Gasteiger partial charge in [0.2, 0.25) is 17.6 Å². The molecule has 0 aliphatic carbocycles. The molecule has 3 rings (SSSR count). The summed E-state index contributed by atoms with van der Waals surface area (Å²) in [4.78, 5) is 51.6. The van der Waals surface area contributed by atoms with E-state index in [0.717, 1.165) is 24.8 Å². The van der Waals surface area contributed by atoms with Crippen LogP contribution in [0.25, 0.3) is 11.4 Å². The number of alkyl carbamates (subject to hydrolysis) is 1. The van der Waals surface area contributed by atoms with Crippen LogP contribution >= 0.6 is 0 Å². The molecule has 4 N–H and O–H groups in total. The first kappa shape index (κ1) is 35.5. The fourth-order valence-electron chi connectivity index (χ4n) is 4.41. The number of carbonyl (C=O) groups is 4. The van der Waals surface area contributed by atoms with E-state index in [1.165, 1.54) is 7.11 Å². The van der Waals surface area contributed by atoms with E-state index in [2.05, 4.69) is 48.2 Å². The van der Waals surface area contributed by atoms with Gasteiger partial charge in [-0.1, -0.05) is 56.2 Å². The van der Waals surface area contributed by atoms with Crippen molar-refractivity contribution in [2.75, 3.05) is 20.3 Å². The zero-order valence-corrected chi connectivity index (χ0v) is 26.9. The number of aromatic nitrogens is 4. The smallest absolute Gasteiger partial charge is 0.408 e. The van der Waals surface area contributed by atoms with Crippen LogP contribution in [0.5, 0.6) is 5.75 Å². The van der Waals surface area contributed by atoms with Crippen LogP contribution in [0.2, 0.25) is 0 Å². The van der Waals surface area contributed by atoms with E-state index in [9.17, 15) is 19.2 Å². The fourth-order valence-corrected chi connectivity index (χ4v) is 4.41. The van der Waals surface area contributed by atoms with Gasteiger partial charge in [-0.2, -0.15) is 5.21 Å². The molecule has 3 amide bonds. The first-order chi connectivity index (χ1) is 22.0. The normalized spacial score (nSPS) is 12.4. The first-order valence-corrected chi connectivity index (χ1v) is 15.2. The van der Waals surface area contributed by atoms with Crippen molar-refractivity contribution in [3.8, 4) is 17.1 Å². The van der Waals surface area contributed by atoms with E-state index in [0.29, 0.717) is 23.4 Å². The molecule has 0 radical (unpaired) electrons. The molecule has 0 spiro atoms. The van der Waals surface area contributed by atoms with E-state index < -0.39 is 35.7 Å². The lowest BCUT2D eigenvalue weighted by atomic mass is 10.0. The summed E-state index contributed by atoms with van der Waals surface area (Å²) >= 11 is 0. The SMILES string of the molecule is CCCCCNC(=O)[C@H](Cc1ccc(OCC(=O)OC)c(-c2nn[nH]n2)c1)NC(=O)C(Cc1ccccc1)NC(=O)OC(C)(C)C. The Balaban J connectivity index is 1.89. The molecule has 1 unspecified atom stereocenters. The molecule has 2 aromatic carbocycles. The Morgan fingerprint density at radius 3 is 2.28 bits per heavy atom. The summed E-state index contributed by atoms with van der Waals surface area (Å²) in [6, 6.07) is 12.2. The van der Waals surface area contributed by atoms with Crippen LogP contribution in [-0.2, 0) is 36.7 Å². The predicted molar refractivity (Wildman–Crippen MR) is 169 cm³/mol. The third-order valence-corrected chi connectivity index (χ3v) is 6.65. The van der Waals surface area contributed by atoms with Gasteiger partial charge in [0, 0.05) is 19.4 Å². The molecular formula is C32H43N7O7. The maximum absolute atomic E-state index is 13.8. The number of benzene rings is 2. The Labute approximate surface area is 268 Å². The quantitative estimate of drug-likeness (QED) is 0.134. The van der Waals surface area contributed by atoms with Gasteiger partial charge in [0.15, 0.2) is 6.61 Å². The van der Waals surface area contributed by atoms with E-state index in [1.54, 1.807) is 39.0 Å². The van der Waals surface area contributed by atoms with Gasteiger partial charge in [-0.05, 0) is 55.7 Å². The fraction of sp³-hybridized carbons (Fsp3) is 0.469. The lowest BCUT2D eigenvalue weighted by molar-refractivity contribution is -0.142. The van der Waals surface area contributed by atoms with Crippen molar-refractivity contribution in [3.05, 3.63) is 59.7 Å². The summed E-state index contributed by atoms with van der Waals surface area (Å²) in [6.45, 7) is 7.35. The number of unbranched alkanes of at least 4 members (excludes halogenated alkanes) is 2. The van der Waals surface area contributed by atoms with Crippen molar-refractivity contribution in [1.29, 1.82) is 0 Å². The van der Waals surface area contributed by atoms with Crippen LogP contribution in [0, 0.1) is 0 Å². The maximum Gasteiger partial charge on any atom is 0.408 e. The number of amides is 3. The lowest BCUT2D eigenvalue weighted by Gasteiger charge is -2.25. The van der Waals surface area contributed by atoms with E-state index in [4.69, 9.17) is 9.47 Å². The molecule has 0 saturated heterocycles. The second-order valence-corrected chi connectivity index (χ2v) is 11.6. The highest BCUT2D eigenvalue weighted by atomic mass is 16.6. The van der Waals surface area contributed by atoms with Gasteiger partial charge in [0.1, 0.15) is 23.4 Å². The van der Waals surface area contributed by atoms with Crippen molar-refractivity contribution >= 4 is 23.9 Å². The molecule has 3 aromatic rings. The number of H-pyrrole nitrogens is 1. The number of methoxy groups -OCH3 is 1. The number of hydrogen-bond donors (Lipinski definition) is 4. The molecule has 0 fully saturated rings. The monoisotopic (exact) mass is 637 g/mol. The van der Waals surface area contributed by atoms with Crippen molar-refractivity contribution in [2.24, 2.45) is 0 Å². The van der Waals surface area contributed by atoms with Crippen LogP contribution in [-0.4, -0.2) is 82.4 Å². The van der Waals surface area contributed by atoms with Crippen molar-refractivity contribution in [2.45, 2.75) is 77.5 Å². The molecule has 2 atom stereocenters. The Morgan fingerprint density at radius 2 is 1.63 bits per heavy atom. The van der Waals surface area contributed by atoms with Gasteiger partial charge in [-0.15, -0.1) is 10.2 Å². The summed E-state index contributed by atoms with van der Waals surface area (Å²) in [6.07, 6.45) is 2.21. The number of esters is 1. The third-order valence-electron chi connectivity index (χ3n) is 6.65. The molecule has 0 bridgehead atoms. The lowest BCUT2D eigenvalue weighted by Crippen LogP contribution is -2.55. The van der Waals surface area contributed by atoms with Gasteiger partial charge < -0.3 is 30.2 Å². The number of rotatable bonds is 16. The van der Waals surface area contributed by atoms with Crippen LogP contribution < -0.4 is 20.7 Å². The Hall–Kier alpha value is -5.01. The largest absolute Gasteiger partial charge is 0.481 e. The molecule has 14 nitrogen and oxygen atoms in total. The van der Waals surface area contributed by atoms with E-state index in [1.807, 2.05) is 30.3 Å². The van der Waals surface area contributed by atoms with Crippen LogP contribution in [0.3, 0.4) is 0 Å². The minimum absolute atomic E-state index is 0.0813. The summed E-state index contributed by atoms with van der Waals surface area (Å²) in [7, 11) is 1.25. The zero-order chi connectivity index (χ0) is 33.5. The molecule has 1 aromatic heterocycles. The second kappa shape index (κ2) is 17.5. The summed E-state index contributed by atoms with van der Waals surface area (Å²) < 4.78 is 15.7. The average Bonchev–Trinajstić information content (AvgIpc) is 3.56. The molecule has 0 saturated carbocycles. The number of nitrogens with zero attached hydrogens (tertiary/aromatic N) is 3. The van der Waals surface area contributed by atoms with E-state index in [-0.39, 0.29) is 31.2 Å². The highest BCUT2D eigenvalue weighted by molar-refractivity contribution is 5.91. The molecular weight excluding hydrogens is 594 g/mol. The Bertz CT molecular complexity index is 1430. The zero-order valence-electron chi connectivity index (χ0n) is 26.9. The van der Waals surface area contributed by atoms with Gasteiger partial charge in [0.25, 0.3) is 0 Å². The highest BCUT2D eigenvalue weighted by Crippen LogP contribution is 2.29. The third kappa shape index (κ3) is 11.8. The van der Waals surface area contributed by atoms with Crippen molar-refractivity contribution < 1.29 is 33.4 Å². The standard InChI is InChI=1S/C32H43N7O7/c1-6-7-11-16-33-29(41)24(19-22-14-15-26(45-20-27(40)44-5)23(17-22)28-36-38-39-37-28)34-30(42)25(18-21-12-9-8-10-13-21)35-31(43)46-32(2,3)4/h8-10,12-15,17,24-25H,6-7,11,16,18-20H2,1-5H3,(H,33,41)(H,34,42)(H,35,43)(H,36,37,38,39)/t24-,25?/m0/s1. The number of hydrogen-bond acceptors (Lipinski definition) is 10. The predicted octanol–water partition coefficient (Wildman–Crippen LogP) is 2.89. The number of aromatic amines is 1. The van der Waals surface area contributed by atoms with Crippen molar-refractivity contribution in [1.82, 2.24) is 36.6 Å². The van der Waals surface area contributed by atoms with Gasteiger partial charge in [0.05, 0.1) is 12.7 Å². The van der Waals surface area contributed by atoms with Gasteiger partial charge >= 0.3 is 12.1 Å². The summed E-state index contributed by atoms with van der Waals surface area (Å²) in [5, 5.41) is 22.5. The van der Waals surface area contributed by atoms with Crippen LogP contribution in [0.4, 0.5) is 4.79 Å². The number of nitrogens with one attached hydrogen (secondary N) is 4. The average molecular weight is 638 g/mol. The van der Waals surface area contributed by atoms with Crippen molar-refractivity contribution in [3.63, 3.8) is 0 Å². The second-order valence-electron chi connectivity index (χ2n) is 11.6. The summed E-state index contributed by atoms with van der Waals surface area (Å²) in [5.74, 6) is -1.01. The molecule has 46 heavy (non-hydrogen) atoms. The minimum atomic E-state index is -1.03. The minimum Gasteiger partial charge on any atom is -0.481 e. The molecule has 14 heteroatoms. The number of tetrazole rings is 1. The van der Waals surface area contributed by atoms with E-state index >= 15 is 0 Å². The van der Waals surface area contributed by atoms with Gasteiger partial charge in [-0.25, -0.2) is 9.59 Å². The maximum atomic E-state index is 13.8. The van der Waals surface area contributed by atoms with Crippen LogP contribution in [0.15, 0.2) is 48.5 Å². The molecule has 0 aliphatic rings. The number of ether oxygens (including phenoxy) is 3. The molecule has 1 heterocycles. The Morgan fingerprint density at radius 1 is 0.913 bits per heavy atom. The molecule has 0 aliphatic heterocycles. The van der Waals surface area contributed by atoms with Crippen LogP contribution in [0.1, 0.15) is 58.1 Å². The molecule has 248 valence electrons. The van der Waals surface area contributed by atoms with Gasteiger partial charge in [-0.3, -0.25) is 9.59 Å². The Kier molecular flexibility index (Phi) is 13.5. The first-order valence-electron chi connectivity index (χ1n) is 15.2.